The molecular formula is C14H14FNO3S2. The summed E-state index contributed by atoms with van der Waals surface area (Å²) in [5, 5.41) is 0. The Morgan fingerprint density at radius 1 is 1.00 bits per heavy atom. The summed E-state index contributed by atoms with van der Waals surface area (Å²) in [6, 6.07) is 13.4. The van der Waals surface area contributed by atoms with Crippen molar-refractivity contribution in [1.82, 2.24) is 4.72 Å². The van der Waals surface area contributed by atoms with Gasteiger partial charge in [0, 0.05) is 17.2 Å². The summed E-state index contributed by atoms with van der Waals surface area (Å²) < 4.78 is 50.9. The first-order chi connectivity index (χ1) is 9.99. The minimum atomic E-state index is -3.71. The van der Waals surface area contributed by atoms with Crippen LogP contribution in [0.4, 0.5) is 4.39 Å². The average molecular weight is 327 g/mol. The van der Waals surface area contributed by atoms with E-state index in [1.165, 1.54) is 12.1 Å². The van der Waals surface area contributed by atoms with E-state index < -0.39 is 26.6 Å². The van der Waals surface area contributed by atoms with E-state index in [1.54, 1.807) is 24.3 Å². The standard InChI is InChI=1S/C14H14FNO3S2/c15-12-6-8-14(9-7-12)21(18,19)16-10-11-20(17)13-4-2-1-3-5-13/h1-9,16H,10-11H2/t20-/m0/s1. The first-order valence-electron chi connectivity index (χ1n) is 6.18. The van der Waals surface area contributed by atoms with E-state index in [0.29, 0.717) is 4.90 Å². The predicted molar refractivity (Wildman–Crippen MR) is 79.3 cm³/mol. The molecule has 0 unspecified atom stereocenters. The van der Waals surface area contributed by atoms with E-state index in [9.17, 15) is 17.0 Å². The van der Waals surface area contributed by atoms with Gasteiger partial charge in [0.15, 0.2) is 0 Å². The van der Waals surface area contributed by atoms with Crippen LogP contribution < -0.4 is 4.72 Å². The molecule has 0 aliphatic rings. The third kappa shape index (κ3) is 4.45. The normalized spacial score (nSPS) is 13.0. The number of sulfonamides is 1. The molecule has 0 bridgehead atoms. The van der Waals surface area contributed by atoms with Gasteiger partial charge in [0.05, 0.1) is 15.7 Å². The van der Waals surface area contributed by atoms with Gasteiger partial charge in [-0.1, -0.05) is 18.2 Å². The highest BCUT2D eigenvalue weighted by Gasteiger charge is 2.14. The molecule has 2 aromatic rings. The van der Waals surface area contributed by atoms with Gasteiger partial charge in [-0.2, -0.15) is 0 Å². The molecule has 112 valence electrons. The van der Waals surface area contributed by atoms with Crippen LogP contribution in [0, 0.1) is 5.82 Å². The summed E-state index contributed by atoms with van der Waals surface area (Å²) in [7, 11) is -4.97. The summed E-state index contributed by atoms with van der Waals surface area (Å²) in [6.45, 7) is 0.0429. The van der Waals surface area contributed by atoms with Crippen LogP contribution in [-0.2, 0) is 20.8 Å². The SMILES string of the molecule is O=[S@@](CCNS(=O)(=O)c1ccc(F)cc1)c1ccccc1. The average Bonchev–Trinajstić information content (AvgIpc) is 2.48. The van der Waals surface area contributed by atoms with Crippen molar-refractivity contribution in [3.8, 4) is 0 Å². The molecule has 0 fully saturated rings. The molecule has 2 rings (SSSR count). The Morgan fingerprint density at radius 2 is 1.62 bits per heavy atom. The van der Waals surface area contributed by atoms with Gasteiger partial charge in [-0.3, -0.25) is 4.21 Å². The van der Waals surface area contributed by atoms with Crippen LogP contribution in [0.5, 0.6) is 0 Å². The van der Waals surface area contributed by atoms with Crippen LogP contribution in [-0.4, -0.2) is 24.9 Å². The van der Waals surface area contributed by atoms with Crippen molar-refractivity contribution in [2.24, 2.45) is 0 Å². The second-order valence-corrected chi connectivity index (χ2v) is 7.55. The number of hydrogen-bond donors (Lipinski definition) is 1. The topological polar surface area (TPSA) is 63.2 Å². The van der Waals surface area contributed by atoms with Gasteiger partial charge < -0.3 is 0 Å². The van der Waals surface area contributed by atoms with Crippen LogP contribution >= 0.6 is 0 Å². The summed E-state index contributed by atoms with van der Waals surface area (Å²) in [5.74, 6) is -0.330. The van der Waals surface area contributed by atoms with Crippen molar-refractivity contribution in [2.75, 3.05) is 12.3 Å². The maximum Gasteiger partial charge on any atom is 0.240 e. The van der Waals surface area contributed by atoms with E-state index in [-0.39, 0.29) is 17.2 Å². The smallest absolute Gasteiger partial charge is 0.240 e. The van der Waals surface area contributed by atoms with E-state index in [1.807, 2.05) is 6.07 Å². The molecule has 7 heteroatoms. The van der Waals surface area contributed by atoms with Crippen molar-refractivity contribution in [1.29, 1.82) is 0 Å². The van der Waals surface area contributed by atoms with Crippen molar-refractivity contribution in [2.45, 2.75) is 9.79 Å². The Balaban J connectivity index is 1.94. The molecule has 0 spiro atoms. The van der Waals surface area contributed by atoms with Crippen molar-refractivity contribution < 1.29 is 17.0 Å². The van der Waals surface area contributed by atoms with Gasteiger partial charge in [0.25, 0.3) is 0 Å². The van der Waals surface area contributed by atoms with Gasteiger partial charge >= 0.3 is 0 Å². The van der Waals surface area contributed by atoms with Crippen molar-refractivity contribution in [3.05, 3.63) is 60.4 Å². The highest BCUT2D eigenvalue weighted by atomic mass is 32.2. The zero-order valence-corrected chi connectivity index (χ0v) is 12.7. The quantitative estimate of drug-likeness (QED) is 0.881. The Kier molecular flexibility index (Phi) is 5.22. The van der Waals surface area contributed by atoms with E-state index in [0.717, 1.165) is 12.1 Å². The molecule has 0 amide bonds. The lowest BCUT2D eigenvalue weighted by molar-refractivity contribution is 0.583. The fourth-order valence-electron chi connectivity index (χ4n) is 1.66. The minimum absolute atomic E-state index is 0.0191. The Bertz CT molecular complexity index is 716. The lowest BCUT2D eigenvalue weighted by Gasteiger charge is -2.07. The Hall–Kier alpha value is -1.57. The van der Waals surface area contributed by atoms with Crippen LogP contribution in [0.25, 0.3) is 0 Å². The number of hydrogen-bond acceptors (Lipinski definition) is 3. The maximum atomic E-state index is 12.8. The van der Waals surface area contributed by atoms with Crippen LogP contribution in [0.2, 0.25) is 0 Å². The molecule has 0 aliphatic carbocycles. The van der Waals surface area contributed by atoms with Gasteiger partial charge in [-0.25, -0.2) is 17.5 Å². The molecule has 0 aliphatic heterocycles. The lowest BCUT2D eigenvalue weighted by Crippen LogP contribution is -2.27. The zero-order chi connectivity index (χ0) is 15.3. The summed E-state index contributed by atoms with van der Waals surface area (Å²) in [4.78, 5) is 0.632. The Morgan fingerprint density at radius 3 is 2.24 bits per heavy atom. The van der Waals surface area contributed by atoms with E-state index >= 15 is 0 Å². The highest BCUT2D eigenvalue weighted by molar-refractivity contribution is 7.89. The van der Waals surface area contributed by atoms with Crippen molar-refractivity contribution >= 4 is 20.8 Å². The van der Waals surface area contributed by atoms with Crippen LogP contribution in [0.1, 0.15) is 0 Å². The van der Waals surface area contributed by atoms with Gasteiger partial charge in [0.1, 0.15) is 5.82 Å². The second-order valence-electron chi connectivity index (χ2n) is 4.21. The molecular weight excluding hydrogens is 313 g/mol. The summed E-state index contributed by atoms with van der Waals surface area (Å²) in [5.41, 5.74) is 0. The van der Waals surface area contributed by atoms with Crippen molar-refractivity contribution in [3.63, 3.8) is 0 Å². The first-order valence-corrected chi connectivity index (χ1v) is 8.98. The van der Waals surface area contributed by atoms with Crippen LogP contribution in [0.15, 0.2) is 64.4 Å². The summed E-state index contributed by atoms with van der Waals surface area (Å²) in [6.07, 6.45) is 0. The number of rotatable bonds is 6. The molecule has 1 atom stereocenters. The molecule has 0 heterocycles. The molecule has 2 aromatic carbocycles. The molecule has 0 aromatic heterocycles. The minimum Gasteiger partial charge on any atom is -0.254 e. The summed E-state index contributed by atoms with van der Waals surface area (Å²) >= 11 is 0. The molecule has 0 saturated heterocycles. The highest BCUT2D eigenvalue weighted by Crippen LogP contribution is 2.10. The number of benzene rings is 2. The number of halogens is 1. The fraction of sp³-hybridized carbons (Fsp3) is 0.143. The van der Waals surface area contributed by atoms with E-state index in [2.05, 4.69) is 4.72 Å². The zero-order valence-electron chi connectivity index (χ0n) is 11.0. The van der Waals surface area contributed by atoms with Gasteiger partial charge in [-0.15, -0.1) is 0 Å². The largest absolute Gasteiger partial charge is 0.254 e. The molecule has 4 nitrogen and oxygen atoms in total. The Labute approximate surface area is 125 Å². The molecule has 0 radical (unpaired) electrons. The molecule has 21 heavy (non-hydrogen) atoms. The van der Waals surface area contributed by atoms with E-state index in [4.69, 9.17) is 0 Å². The predicted octanol–water partition coefficient (Wildman–Crippen LogP) is 1.91. The number of nitrogens with one attached hydrogen (secondary N) is 1. The fourth-order valence-corrected chi connectivity index (χ4v) is 3.80. The monoisotopic (exact) mass is 327 g/mol. The van der Waals surface area contributed by atoms with Gasteiger partial charge in [-0.05, 0) is 36.4 Å². The third-order valence-corrected chi connectivity index (χ3v) is 5.56. The molecule has 1 N–H and O–H groups in total. The van der Waals surface area contributed by atoms with Crippen LogP contribution in [0.3, 0.4) is 0 Å². The maximum absolute atomic E-state index is 12.8. The molecule has 0 saturated carbocycles. The second kappa shape index (κ2) is 6.93. The van der Waals surface area contributed by atoms with Gasteiger partial charge in [0.2, 0.25) is 10.0 Å². The third-order valence-electron chi connectivity index (χ3n) is 2.71. The first kappa shape index (κ1) is 15.8. The lowest BCUT2D eigenvalue weighted by atomic mass is 10.4.